The first kappa shape index (κ1) is 17.9. The van der Waals surface area contributed by atoms with E-state index in [0.717, 1.165) is 25.8 Å². The maximum atomic E-state index is 12.0. The first-order valence-electron chi connectivity index (χ1n) is 8.38. The molecule has 0 amide bonds. The lowest BCUT2D eigenvalue weighted by molar-refractivity contribution is -0.148. The molecule has 1 atom stereocenters. The van der Waals surface area contributed by atoms with Crippen molar-refractivity contribution in [2.45, 2.75) is 43.7 Å². The summed E-state index contributed by atoms with van der Waals surface area (Å²) < 4.78 is 34.6. The highest BCUT2D eigenvalue weighted by atomic mass is 32.2. The van der Waals surface area contributed by atoms with Gasteiger partial charge >= 0.3 is 5.97 Å². The van der Waals surface area contributed by atoms with Crippen LogP contribution in [0.2, 0.25) is 0 Å². The van der Waals surface area contributed by atoms with Crippen LogP contribution in [0.3, 0.4) is 0 Å². The summed E-state index contributed by atoms with van der Waals surface area (Å²) in [6.45, 7) is 2.77. The van der Waals surface area contributed by atoms with Crippen molar-refractivity contribution in [3.63, 3.8) is 0 Å². The van der Waals surface area contributed by atoms with Gasteiger partial charge in [0.05, 0.1) is 24.3 Å². The number of hydrogen-bond donors (Lipinski definition) is 0. The second kappa shape index (κ2) is 7.13. The first-order chi connectivity index (χ1) is 11.9. The van der Waals surface area contributed by atoms with Crippen molar-refractivity contribution in [2.75, 3.05) is 19.4 Å². The van der Waals surface area contributed by atoms with E-state index >= 15 is 0 Å². The number of nitrogens with zero attached hydrogens (tertiary/aromatic N) is 2. The lowest BCUT2D eigenvalue weighted by Crippen LogP contribution is -2.44. The van der Waals surface area contributed by atoms with E-state index in [9.17, 15) is 13.2 Å². The fourth-order valence-corrected chi connectivity index (χ4v) is 4.04. The number of ether oxygens (including phenoxy) is 1. The predicted octanol–water partition coefficient (Wildman–Crippen LogP) is 2.15. The van der Waals surface area contributed by atoms with E-state index in [1.165, 1.54) is 19.2 Å². The number of carbonyl (C=O) groups excluding carboxylic acids is 1. The molecule has 1 saturated heterocycles. The number of aromatic nitrogens is 1. The van der Waals surface area contributed by atoms with Crippen molar-refractivity contribution in [2.24, 2.45) is 0 Å². The number of oxazole rings is 1. The summed E-state index contributed by atoms with van der Waals surface area (Å²) in [7, 11) is -1.89. The molecule has 0 spiro atoms. The van der Waals surface area contributed by atoms with Gasteiger partial charge in [-0.15, -0.1) is 0 Å². The zero-order valence-electron chi connectivity index (χ0n) is 14.4. The number of benzene rings is 1. The molecule has 0 aliphatic carbocycles. The summed E-state index contributed by atoms with van der Waals surface area (Å²) >= 11 is 0. The first-order valence-corrected chi connectivity index (χ1v) is 10.0. The van der Waals surface area contributed by atoms with Crippen LogP contribution >= 0.6 is 0 Å². The van der Waals surface area contributed by atoms with Crippen LogP contribution in [0.25, 0.3) is 11.1 Å². The van der Waals surface area contributed by atoms with Gasteiger partial charge in [-0.2, -0.15) is 0 Å². The summed E-state index contributed by atoms with van der Waals surface area (Å²) in [4.78, 5) is 18.6. The van der Waals surface area contributed by atoms with Gasteiger partial charge in [-0.05, 0) is 37.6 Å². The zero-order valence-corrected chi connectivity index (χ0v) is 15.2. The predicted molar refractivity (Wildman–Crippen MR) is 91.8 cm³/mol. The third-order valence-electron chi connectivity index (χ3n) is 4.57. The summed E-state index contributed by atoms with van der Waals surface area (Å²) in [6.07, 6.45) is 2.75. The van der Waals surface area contributed by atoms with Crippen molar-refractivity contribution in [1.82, 2.24) is 9.88 Å². The van der Waals surface area contributed by atoms with E-state index in [0.29, 0.717) is 23.5 Å². The fraction of sp³-hybridized carbons (Fsp3) is 0.529. The maximum absolute atomic E-state index is 12.0. The largest absolute Gasteiger partial charge is 0.468 e. The molecule has 1 aromatic carbocycles. The number of sulfone groups is 1. The smallest absolute Gasteiger partial charge is 0.323 e. The molecule has 0 bridgehead atoms. The lowest BCUT2D eigenvalue weighted by Gasteiger charge is -2.32. The highest BCUT2D eigenvalue weighted by Gasteiger charge is 2.30. The Morgan fingerprint density at radius 3 is 2.92 bits per heavy atom. The minimum absolute atomic E-state index is 0.0395. The number of esters is 1. The average Bonchev–Trinajstić information content (AvgIpc) is 3.03. The van der Waals surface area contributed by atoms with Crippen LogP contribution in [0.5, 0.6) is 0 Å². The summed E-state index contributed by atoms with van der Waals surface area (Å²) in [5.74, 6) is 0.265. The molecule has 1 aliphatic rings. The van der Waals surface area contributed by atoms with Crippen molar-refractivity contribution in [3.05, 3.63) is 24.1 Å². The average molecular weight is 366 g/mol. The van der Waals surface area contributed by atoms with E-state index in [4.69, 9.17) is 9.15 Å². The van der Waals surface area contributed by atoms with E-state index < -0.39 is 9.84 Å². The Hall–Kier alpha value is -1.93. The normalized spacial score (nSPS) is 19.2. The van der Waals surface area contributed by atoms with Crippen LogP contribution in [0.1, 0.15) is 32.1 Å². The van der Waals surface area contributed by atoms with Crippen LogP contribution < -0.4 is 0 Å². The molecule has 0 radical (unpaired) electrons. The molecule has 0 N–H and O–H groups in total. The topological polar surface area (TPSA) is 89.7 Å². The van der Waals surface area contributed by atoms with Gasteiger partial charge in [-0.3, -0.25) is 9.69 Å². The van der Waals surface area contributed by atoms with Gasteiger partial charge in [0.2, 0.25) is 5.89 Å². The van der Waals surface area contributed by atoms with Crippen molar-refractivity contribution in [1.29, 1.82) is 0 Å². The highest BCUT2D eigenvalue weighted by molar-refractivity contribution is 7.91. The number of carbonyl (C=O) groups is 1. The highest BCUT2D eigenvalue weighted by Crippen LogP contribution is 2.24. The lowest BCUT2D eigenvalue weighted by atomic mass is 10.0. The number of piperidine rings is 1. The van der Waals surface area contributed by atoms with Crippen molar-refractivity contribution >= 4 is 26.9 Å². The van der Waals surface area contributed by atoms with E-state index in [1.807, 2.05) is 4.90 Å². The van der Waals surface area contributed by atoms with Crippen LogP contribution in [0, 0.1) is 0 Å². The van der Waals surface area contributed by atoms with Gasteiger partial charge in [0.15, 0.2) is 15.4 Å². The third-order valence-corrected chi connectivity index (χ3v) is 6.30. The zero-order chi connectivity index (χ0) is 18.0. The van der Waals surface area contributed by atoms with Gasteiger partial charge in [0, 0.05) is 0 Å². The molecule has 136 valence electrons. The third kappa shape index (κ3) is 3.69. The fourth-order valence-electron chi connectivity index (χ4n) is 3.14. The van der Waals surface area contributed by atoms with Gasteiger partial charge in [0.25, 0.3) is 0 Å². The number of rotatable bonds is 5. The van der Waals surface area contributed by atoms with Crippen LogP contribution in [0.15, 0.2) is 27.5 Å². The Labute approximate surface area is 146 Å². The molecular weight excluding hydrogens is 344 g/mol. The second-order valence-corrected chi connectivity index (χ2v) is 8.42. The molecule has 7 nitrogen and oxygen atoms in total. The molecule has 1 aromatic heterocycles. The SMILES string of the molecule is CCS(=O)(=O)c1ccc2oc(CN3CCCC[C@H]3C(=O)OC)nc2c1. The minimum Gasteiger partial charge on any atom is -0.468 e. The second-order valence-electron chi connectivity index (χ2n) is 6.15. The molecule has 2 aromatic rings. The molecule has 8 heteroatoms. The quantitative estimate of drug-likeness (QED) is 0.749. The summed E-state index contributed by atoms with van der Waals surface area (Å²) in [5.41, 5.74) is 1.05. The van der Waals surface area contributed by atoms with Gasteiger partial charge in [-0.25, -0.2) is 13.4 Å². The number of methoxy groups -OCH3 is 1. The van der Waals surface area contributed by atoms with Gasteiger partial charge in [-0.1, -0.05) is 13.3 Å². The van der Waals surface area contributed by atoms with E-state index in [2.05, 4.69) is 4.98 Å². The molecule has 1 aliphatic heterocycles. The minimum atomic E-state index is -3.28. The molecule has 25 heavy (non-hydrogen) atoms. The summed E-state index contributed by atoms with van der Waals surface area (Å²) in [5, 5.41) is 0. The maximum Gasteiger partial charge on any atom is 0.323 e. The summed E-state index contributed by atoms with van der Waals surface area (Å²) in [6, 6.07) is 4.41. The van der Waals surface area contributed by atoms with Crippen molar-refractivity contribution in [3.8, 4) is 0 Å². The molecule has 2 heterocycles. The molecule has 0 unspecified atom stereocenters. The molecule has 1 fully saturated rings. The monoisotopic (exact) mass is 366 g/mol. The van der Waals surface area contributed by atoms with E-state index in [1.54, 1.807) is 13.0 Å². The van der Waals surface area contributed by atoms with Crippen LogP contribution in [0.4, 0.5) is 0 Å². The number of hydrogen-bond acceptors (Lipinski definition) is 7. The standard InChI is InChI=1S/C17H22N2O5S/c1-3-25(21,22)12-7-8-15-13(10-12)18-16(24-15)11-19-9-5-4-6-14(19)17(20)23-2/h7-8,10,14H,3-6,9,11H2,1-2H3/t14-/m0/s1. The molecule has 0 saturated carbocycles. The molecule has 3 rings (SSSR count). The van der Waals surface area contributed by atoms with Gasteiger partial charge < -0.3 is 9.15 Å². The number of likely N-dealkylation sites (tertiary alicyclic amines) is 1. The Balaban J connectivity index is 1.85. The van der Waals surface area contributed by atoms with Gasteiger partial charge in [0.1, 0.15) is 11.6 Å². The van der Waals surface area contributed by atoms with Crippen LogP contribution in [-0.4, -0.2) is 49.7 Å². The Bertz CT molecular complexity index is 874. The number of fused-ring (bicyclic) bond motifs is 1. The Kier molecular flexibility index (Phi) is 5.10. The molecular formula is C17H22N2O5S. The van der Waals surface area contributed by atoms with E-state index in [-0.39, 0.29) is 22.7 Å². The Morgan fingerprint density at radius 1 is 1.40 bits per heavy atom. The Morgan fingerprint density at radius 2 is 2.20 bits per heavy atom. The van der Waals surface area contributed by atoms with Crippen LogP contribution in [-0.2, 0) is 25.9 Å². The van der Waals surface area contributed by atoms with Crippen molar-refractivity contribution < 1.29 is 22.4 Å².